The normalized spacial score (nSPS) is 13.7. The Balaban J connectivity index is 1.50. The number of ether oxygens (including phenoxy) is 3. The van der Waals surface area contributed by atoms with Crippen LogP contribution >= 0.6 is 15.9 Å². The summed E-state index contributed by atoms with van der Waals surface area (Å²) in [6, 6.07) is 11.0. The summed E-state index contributed by atoms with van der Waals surface area (Å²) in [5.74, 6) is 0.520. The molecule has 0 spiro atoms. The van der Waals surface area contributed by atoms with E-state index in [9.17, 15) is 14.9 Å². The summed E-state index contributed by atoms with van der Waals surface area (Å²) < 4.78 is 17.8. The second kappa shape index (κ2) is 7.86. The van der Waals surface area contributed by atoms with Crippen LogP contribution in [0.1, 0.15) is 37.5 Å². The minimum atomic E-state index is -0.679. The van der Waals surface area contributed by atoms with E-state index in [2.05, 4.69) is 15.9 Å². The van der Waals surface area contributed by atoms with E-state index in [1.165, 1.54) is 17.9 Å². The van der Waals surface area contributed by atoms with Gasteiger partial charge in [-0.25, -0.2) is 4.79 Å². The van der Waals surface area contributed by atoms with Crippen LogP contribution in [0.5, 0.6) is 11.5 Å². The Labute approximate surface area is 197 Å². The molecule has 2 aromatic carbocycles. The Morgan fingerprint density at radius 3 is 2.82 bits per heavy atom. The maximum absolute atomic E-state index is 13.2. The first-order chi connectivity index (χ1) is 15.9. The van der Waals surface area contributed by atoms with E-state index < -0.39 is 5.97 Å². The molecule has 166 valence electrons. The molecule has 3 aromatic rings. The van der Waals surface area contributed by atoms with E-state index >= 15 is 0 Å². The number of benzene rings is 2. The lowest BCUT2D eigenvalue weighted by Gasteiger charge is -2.16. The largest absolute Gasteiger partial charge is 0.464 e. The highest BCUT2D eigenvalue weighted by Gasteiger charge is 2.31. The molecule has 10 heteroatoms. The van der Waals surface area contributed by atoms with Crippen LogP contribution in [0.15, 0.2) is 41.0 Å². The number of nitrogen functional groups attached to an aromatic ring is 1. The predicted octanol–water partition coefficient (Wildman–Crippen LogP) is 3.36. The topological polar surface area (TPSA) is 120 Å². The SMILES string of the molecule is COC(=O)c1c(N)c(C#N)cn1-c1cc(Br)c2c(c1)C(=O)N(Cc1ccc3c(c1)OCO3)C2. The van der Waals surface area contributed by atoms with Crippen molar-refractivity contribution in [1.29, 1.82) is 5.26 Å². The van der Waals surface area contributed by atoms with Crippen LogP contribution in [0.3, 0.4) is 0 Å². The van der Waals surface area contributed by atoms with Gasteiger partial charge < -0.3 is 29.4 Å². The van der Waals surface area contributed by atoms with Crippen LogP contribution in [-0.2, 0) is 17.8 Å². The summed E-state index contributed by atoms with van der Waals surface area (Å²) in [5.41, 5.74) is 8.96. The molecule has 2 aliphatic rings. The number of nitrogens with zero attached hydrogens (tertiary/aromatic N) is 3. The van der Waals surface area contributed by atoms with Crippen molar-refractivity contribution in [3.8, 4) is 23.3 Å². The molecule has 0 fully saturated rings. The minimum Gasteiger partial charge on any atom is -0.464 e. The highest BCUT2D eigenvalue weighted by atomic mass is 79.9. The standard InChI is InChI=1S/C23H17BrN4O5/c1-31-23(30)21-20(26)13(7-25)9-28(21)14-5-15-16(17(24)6-14)10-27(22(15)29)8-12-2-3-18-19(4-12)33-11-32-18/h2-6,9H,8,10-11,26H2,1H3. The zero-order valence-corrected chi connectivity index (χ0v) is 19.0. The number of carbonyl (C=O) groups is 2. The zero-order valence-electron chi connectivity index (χ0n) is 17.4. The monoisotopic (exact) mass is 508 g/mol. The van der Waals surface area contributed by atoms with Gasteiger partial charge in [-0.2, -0.15) is 5.26 Å². The lowest BCUT2D eigenvalue weighted by Crippen LogP contribution is -2.23. The fraction of sp³-hybridized carbons (Fsp3) is 0.174. The first kappa shape index (κ1) is 20.9. The highest BCUT2D eigenvalue weighted by Crippen LogP contribution is 2.36. The predicted molar refractivity (Wildman–Crippen MR) is 120 cm³/mol. The number of hydrogen-bond donors (Lipinski definition) is 1. The van der Waals surface area contributed by atoms with E-state index in [0.29, 0.717) is 40.3 Å². The molecular formula is C23H17BrN4O5. The fourth-order valence-corrected chi connectivity index (χ4v) is 4.63. The highest BCUT2D eigenvalue weighted by molar-refractivity contribution is 9.10. The van der Waals surface area contributed by atoms with Crippen molar-refractivity contribution in [2.24, 2.45) is 0 Å². The van der Waals surface area contributed by atoms with Gasteiger partial charge in [0.1, 0.15) is 6.07 Å². The first-order valence-corrected chi connectivity index (χ1v) is 10.7. The molecular weight excluding hydrogens is 492 g/mol. The molecule has 1 amide bonds. The quantitative estimate of drug-likeness (QED) is 0.536. The summed E-state index contributed by atoms with van der Waals surface area (Å²) in [6.45, 7) is 1.01. The second-order valence-corrected chi connectivity index (χ2v) is 8.44. The number of methoxy groups -OCH3 is 1. The molecule has 0 saturated carbocycles. The molecule has 9 nitrogen and oxygen atoms in total. The minimum absolute atomic E-state index is 0.0248. The Bertz CT molecular complexity index is 1370. The molecule has 0 unspecified atom stereocenters. The van der Waals surface area contributed by atoms with Crippen LogP contribution in [0.25, 0.3) is 5.69 Å². The third kappa shape index (κ3) is 3.37. The molecule has 2 aliphatic heterocycles. The van der Waals surface area contributed by atoms with Gasteiger partial charge in [0.25, 0.3) is 5.91 Å². The van der Waals surface area contributed by atoms with Crippen molar-refractivity contribution < 1.29 is 23.8 Å². The number of nitriles is 1. The molecule has 3 heterocycles. The smallest absolute Gasteiger partial charge is 0.357 e. The number of fused-ring (bicyclic) bond motifs is 2. The Morgan fingerprint density at radius 1 is 1.27 bits per heavy atom. The molecule has 0 saturated heterocycles. The van der Waals surface area contributed by atoms with Gasteiger partial charge in [0, 0.05) is 35.0 Å². The summed E-state index contributed by atoms with van der Waals surface area (Å²) >= 11 is 3.56. The molecule has 0 bridgehead atoms. The van der Waals surface area contributed by atoms with Crippen molar-refractivity contribution in [2.45, 2.75) is 13.1 Å². The summed E-state index contributed by atoms with van der Waals surface area (Å²) in [4.78, 5) is 27.3. The van der Waals surface area contributed by atoms with Gasteiger partial charge in [0.15, 0.2) is 17.2 Å². The van der Waals surface area contributed by atoms with Gasteiger partial charge in [-0.15, -0.1) is 0 Å². The summed E-state index contributed by atoms with van der Waals surface area (Å²) in [6.07, 6.45) is 1.46. The lowest BCUT2D eigenvalue weighted by molar-refractivity contribution is 0.0592. The van der Waals surface area contributed by atoms with Gasteiger partial charge >= 0.3 is 5.97 Å². The van der Waals surface area contributed by atoms with E-state index in [1.54, 1.807) is 17.0 Å². The second-order valence-electron chi connectivity index (χ2n) is 7.58. The third-order valence-corrected chi connectivity index (χ3v) is 6.39. The van der Waals surface area contributed by atoms with E-state index in [1.807, 2.05) is 24.3 Å². The average molecular weight is 509 g/mol. The number of esters is 1. The number of halogens is 1. The summed E-state index contributed by atoms with van der Waals surface area (Å²) in [5, 5.41) is 9.36. The molecule has 1 aromatic heterocycles. The third-order valence-electron chi connectivity index (χ3n) is 5.68. The maximum atomic E-state index is 13.2. The molecule has 0 aliphatic carbocycles. The fourth-order valence-electron chi connectivity index (χ4n) is 4.05. The van der Waals surface area contributed by atoms with E-state index in [0.717, 1.165) is 11.1 Å². The van der Waals surface area contributed by atoms with Crippen molar-refractivity contribution in [3.63, 3.8) is 0 Å². The number of amides is 1. The van der Waals surface area contributed by atoms with Crippen molar-refractivity contribution in [3.05, 3.63) is 68.9 Å². The number of hydrogen-bond acceptors (Lipinski definition) is 7. The van der Waals surface area contributed by atoms with Crippen molar-refractivity contribution >= 4 is 33.5 Å². The van der Waals surface area contributed by atoms with E-state index in [4.69, 9.17) is 19.9 Å². The lowest BCUT2D eigenvalue weighted by atomic mass is 10.1. The number of carbonyl (C=O) groups excluding carboxylic acids is 2. The Kier molecular flexibility index (Phi) is 4.98. The van der Waals surface area contributed by atoms with Gasteiger partial charge in [0.05, 0.1) is 18.4 Å². The molecule has 2 N–H and O–H groups in total. The van der Waals surface area contributed by atoms with Crippen LogP contribution in [-0.4, -0.2) is 35.2 Å². The number of nitrogens with two attached hydrogens (primary N) is 1. The van der Waals surface area contributed by atoms with Gasteiger partial charge in [-0.3, -0.25) is 4.79 Å². The first-order valence-electron chi connectivity index (χ1n) is 9.91. The van der Waals surface area contributed by atoms with E-state index in [-0.39, 0.29) is 29.6 Å². The summed E-state index contributed by atoms with van der Waals surface area (Å²) in [7, 11) is 1.24. The molecule has 0 radical (unpaired) electrons. The Hall–Kier alpha value is -3.97. The number of anilines is 1. The number of rotatable bonds is 4. The van der Waals surface area contributed by atoms with Crippen LogP contribution in [0.4, 0.5) is 5.69 Å². The van der Waals surface area contributed by atoms with Crippen molar-refractivity contribution in [2.75, 3.05) is 19.6 Å². The van der Waals surface area contributed by atoms with Crippen LogP contribution in [0.2, 0.25) is 0 Å². The van der Waals surface area contributed by atoms with Crippen LogP contribution in [0, 0.1) is 11.3 Å². The molecule has 33 heavy (non-hydrogen) atoms. The average Bonchev–Trinajstić information content (AvgIpc) is 3.50. The zero-order chi connectivity index (χ0) is 23.3. The van der Waals surface area contributed by atoms with Gasteiger partial charge in [0.2, 0.25) is 6.79 Å². The van der Waals surface area contributed by atoms with Crippen LogP contribution < -0.4 is 15.2 Å². The number of aromatic nitrogens is 1. The van der Waals surface area contributed by atoms with Gasteiger partial charge in [-0.05, 0) is 35.4 Å². The molecule has 0 atom stereocenters. The van der Waals surface area contributed by atoms with Gasteiger partial charge in [-0.1, -0.05) is 22.0 Å². The maximum Gasteiger partial charge on any atom is 0.357 e. The van der Waals surface area contributed by atoms with Crippen molar-refractivity contribution in [1.82, 2.24) is 9.47 Å². The molecule has 5 rings (SSSR count). The Morgan fingerprint density at radius 2 is 2.06 bits per heavy atom.